The van der Waals surface area contributed by atoms with E-state index in [-0.39, 0.29) is 18.0 Å². The summed E-state index contributed by atoms with van der Waals surface area (Å²) in [6.45, 7) is 4.26. The van der Waals surface area contributed by atoms with Crippen molar-refractivity contribution in [2.45, 2.75) is 57.2 Å². The Morgan fingerprint density at radius 1 is 1.22 bits per heavy atom. The number of hydrogen-bond donors (Lipinski definition) is 1. The summed E-state index contributed by atoms with van der Waals surface area (Å²) in [6, 6.07) is 0.709. The highest BCUT2D eigenvalue weighted by Crippen LogP contribution is 2.21. The van der Waals surface area contributed by atoms with Gasteiger partial charge in [0.2, 0.25) is 0 Å². The van der Waals surface area contributed by atoms with Crippen LogP contribution in [0, 0.1) is 0 Å². The molecule has 9 nitrogen and oxygen atoms in total. The van der Waals surface area contributed by atoms with Crippen molar-refractivity contribution in [1.29, 1.82) is 0 Å². The second-order valence-corrected chi connectivity index (χ2v) is 7.63. The van der Waals surface area contributed by atoms with Crippen LogP contribution in [0.15, 0.2) is 6.20 Å². The van der Waals surface area contributed by atoms with Crippen LogP contribution in [0.5, 0.6) is 0 Å². The molecule has 3 aliphatic rings. The van der Waals surface area contributed by atoms with Crippen LogP contribution in [-0.4, -0.2) is 81.7 Å². The monoisotopic (exact) mass is 376 g/mol. The summed E-state index contributed by atoms with van der Waals surface area (Å²) in [6.07, 6.45) is 7.85. The Morgan fingerprint density at radius 2 is 2.07 bits per heavy atom. The molecule has 1 atom stereocenters. The van der Waals surface area contributed by atoms with Crippen molar-refractivity contribution in [3.8, 4) is 0 Å². The highest BCUT2D eigenvalue weighted by molar-refractivity contribution is 5.92. The number of rotatable bonds is 5. The Bertz CT molecular complexity index is 664. The Hall–Kier alpha value is -2.16. The molecule has 3 fully saturated rings. The highest BCUT2D eigenvalue weighted by atomic mass is 16.6. The molecule has 27 heavy (non-hydrogen) atoms. The van der Waals surface area contributed by atoms with Gasteiger partial charge in [-0.2, -0.15) is 0 Å². The Balaban J connectivity index is 1.26. The third-order valence-electron chi connectivity index (χ3n) is 5.86. The molecule has 4 rings (SSSR count). The van der Waals surface area contributed by atoms with E-state index < -0.39 is 0 Å². The Morgan fingerprint density at radius 3 is 2.78 bits per heavy atom. The van der Waals surface area contributed by atoms with Crippen LogP contribution in [0.4, 0.5) is 4.79 Å². The first-order valence-corrected chi connectivity index (χ1v) is 10.1. The molecule has 0 radical (unpaired) electrons. The van der Waals surface area contributed by atoms with Gasteiger partial charge in [0.25, 0.3) is 5.91 Å². The van der Waals surface area contributed by atoms with Gasteiger partial charge in [-0.05, 0) is 38.6 Å². The fraction of sp³-hybridized carbons (Fsp3) is 0.778. The number of nitrogens with one attached hydrogen (secondary N) is 1. The average molecular weight is 376 g/mol. The lowest BCUT2D eigenvalue weighted by atomic mass is 10.0. The van der Waals surface area contributed by atoms with Gasteiger partial charge in [-0.3, -0.25) is 9.48 Å². The van der Waals surface area contributed by atoms with Crippen molar-refractivity contribution < 1.29 is 14.3 Å². The topological polar surface area (TPSA) is 92.6 Å². The summed E-state index contributed by atoms with van der Waals surface area (Å²) in [7, 11) is 0. The predicted molar refractivity (Wildman–Crippen MR) is 97.3 cm³/mol. The number of ether oxygens (including phenoxy) is 1. The molecule has 1 N–H and O–H groups in total. The van der Waals surface area contributed by atoms with Gasteiger partial charge in [-0.25, -0.2) is 4.79 Å². The zero-order chi connectivity index (χ0) is 18.6. The molecule has 4 heterocycles. The zero-order valence-corrected chi connectivity index (χ0v) is 15.7. The molecule has 0 spiro atoms. The second-order valence-electron chi connectivity index (χ2n) is 7.63. The van der Waals surface area contributed by atoms with Crippen LogP contribution >= 0.6 is 0 Å². The fourth-order valence-electron chi connectivity index (χ4n) is 4.24. The minimum atomic E-state index is -0.227. The number of amides is 2. The van der Waals surface area contributed by atoms with Crippen LogP contribution in [0.25, 0.3) is 0 Å². The van der Waals surface area contributed by atoms with Gasteiger partial charge < -0.3 is 19.9 Å². The fourth-order valence-corrected chi connectivity index (χ4v) is 4.24. The molecule has 0 unspecified atom stereocenters. The summed E-state index contributed by atoms with van der Waals surface area (Å²) in [5.41, 5.74) is 0.408. The van der Waals surface area contributed by atoms with Gasteiger partial charge >= 0.3 is 6.09 Å². The SMILES string of the molecule is O=C(c1cn(CC[C@@H]2CCCCN2)nn1)N1CCC(N2CCOC2=O)CC1. The van der Waals surface area contributed by atoms with E-state index in [9.17, 15) is 9.59 Å². The molecule has 0 aliphatic carbocycles. The summed E-state index contributed by atoms with van der Waals surface area (Å²) in [5, 5.41) is 11.7. The van der Waals surface area contributed by atoms with E-state index in [1.54, 1.807) is 15.8 Å². The van der Waals surface area contributed by atoms with Crippen LogP contribution < -0.4 is 5.32 Å². The Labute approximate surface area is 159 Å². The van der Waals surface area contributed by atoms with E-state index in [0.29, 0.717) is 38.0 Å². The van der Waals surface area contributed by atoms with E-state index in [4.69, 9.17) is 4.74 Å². The van der Waals surface area contributed by atoms with Gasteiger partial charge in [0.1, 0.15) is 6.61 Å². The van der Waals surface area contributed by atoms with Crippen molar-refractivity contribution in [2.75, 3.05) is 32.8 Å². The molecule has 1 aromatic rings. The second kappa shape index (κ2) is 8.24. The largest absolute Gasteiger partial charge is 0.448 e. The molecular weight excluding hydrogens is 348 g/mol. The first kappa shape index (κ1) is 18.2. The lowest BCUT2D eigenvalue weighted by molar-refractivity contribution is 0.0652. The van der Waals surface area contributed by atoms with Crippen molar-refractivity contribution in [3.05, 3.63) is 11.9 Å². The van der Waals surface area contributed by atoms with Crippen molar-refractivity contribution in [2.24, 2.45) is 0 Å². The van der Waals surface area contributed by atoms with Gasteiger partial charge in [0.15, 0.2) is 5.69 Å². The summed E-state index contributed by atoms with van der Waals surface area (Å²) in [4.78, 5) is 28.0. The minimum Gasteiger partial charge on any atom is -0.448 e. The third kappa shape index (κ3) is 4.23. The van der Waals surface area contributed by atoms with Crippen molar-refractivity contribution in [3.63, 3.8) is 0 Å². The number of nitrogens with zero attached hydrogens (tertiary/aromatic N) is 5. The number of carbonyl (C=O) groups excluding carboxylic acids is 2. The average Bonchev–Trinajstić information content (AvgIpc) is 3.36. The number of carbonyl (C=O) groups is 2. The van der Waals surface area contributed by atoms with Crippen molar-refractivity contribution in [1.82, 2.24) is 30.1 Å². The molecule has 3 aliphatic heterocycles. The maximum absolute atomic E-state index is 12.7. The molecule has 0 aromatic carbocycles. The van der Waals surface area contributed by atoms with Gasteiger partial charge in [-0.15, -0.1) is 5.10 Å². The molecule has 0 saturated carbocycles. The van der Waals surface area contributed by atoms with Gasteiger partial charge in [0, 0.05) is 31.7 Å². The Kier molecular flexibility index (Phi) is 5.56. The van der Waals surface area contributed by atoms with E-state index in [1.165, 1.54) is 19.3 Å². The lowest BCUT2D eigenvalue weighted by Gasteiger charge is -2.35. The minimum absolute atomic E-state index is 0.0699. The summed E-state index contributed by atoms with van der Waals surface area (Å²) in [5.74, 6) is -0.0699. The van der Waals surface area contributed by atoms with Gasteiger partial charge in [0.05, 0.1) is 12.7 Å². The van der Waals surface area contributed by atoms with Crippen LogP contribution in [0.3, 0.4) is 0 Å². The normalized spacial score (nSPS) is 24.3. The summed E-state index contributed by atoms with van der Waals surface area (Å²) < 4.78 is 6.79. The number of aryl methyl sites for hydroxylation is 1. The lowest BCUT2D eigenvalue weighted by Crippen LogP contribution is -2.47. The molecule has 1 aromatic heterocycles. The summed E-state index contributed by atoms with van der Waals surface area (Å²) >= 11 is 0. The van der Waals surface area contributed by atoms with E-state index in [2.05, 4.69) is 15.6 Å². The smallest absolute Gasteiger partial charge is 0.410 e. The molecule has 2 amide bonds. The molecule has 148 valence electrons. The highest BCUT2D eigenvalue weighted by Gasteiger charge is 2.33. The number of hydrogen-bond acceptors (Lipinski definition) is 6. The molecule has 0 bridgehead atoms. The number of aromatic nitrogens is 3. The predicted octanol–water partition coefficient (Wildman–Crippen LogP) is 0.867. The number of piperidine rings is 2. The maximum atomic E-state index is 12.7. The van der Waals surface area contributed by atoms with Gasteiger partial charge in [-0.1, -0.05) is 11.6 Å². The first-order valence-electron chi connectivity index (χ1n) is 10.1. The third-order valence-corrected chi connectivity index (χ3v) is 5.86. The van der Waals surface area contributed by atoms with E-state index >= 15 is 0 Å². The standard InChI is InChI=1S/C18H28N6O3/c25-17(22-8-5-15(6-9-22)24-11-12-27-18(24)26)16-13-23(21-20-16)10-4-14-3-1-2-7-19-14/h13-15,19H,1-12H2/t14-/m0/s1. The quantitative estimate of drug-likeness (QED) is 0.820. The van der Waals surface area contributed by atoms with Crippen LogP contribution in [0.2, 0.25) is 0 Å². The van der Waals surface area contributed by atoms with Crippen molar-refractivity contribution >= 4 is 12.0 Å². The number of cyclic esters (lactones) is 1. The van der Waals surface area contributed by atoms with Crippen LogP contribution in [-0.2, 0) is 11.3 Å². The maximum Gasteiger partial charge on any atom is 0.410 e. The number of likely N-dealkylation sites (tertiary alicyclic amines) is 1. The van der Waals surface area contributed by atoms with E-state index in [0.717, 1.165) is 32.4 Å². The van der Waals surface area contributed by atoms with E-state index in [1.807, 2.05) is 4.90 Å². The molecular formula is C18H28N6O3. The van der Waals surface area contributed by atoms with Crippen LogP contribution in [0.1, 0.15) is 49.0 Å². The first-order chi connectivity index (χ1) is 13.2. The molecule has 3 saturated heterocycles. The zero-order valence-electron chi connectivity index (χ0n) is 15.7. The molecule has 9 heteroatoms.